The lowest BCUT2D eigenvalue weighted by Crippen LogP contribution is -2.41. The number of nitrogens with one attached hydrogen (secondary N) is 5. The molecule has 12 rings (SSSR count). The fourth-order valence-corrected chi connectivity index (χ4v) is 15.9. The molecule has 10 heterocycles. The second-order valence-corrected chi connectivity index (χ2v) is 28.3. The van der Waals surface area contributed by atoms with Gasteiger partial charge in [-0.15, -0.1) is 0 Å². The largest absolute Gasteiger partial charge is 0.370 e. The monoisotopic (exact) mass is 1170 g/mol. The van der Waals surface area contributed by atoms with Gasteiger partial charge >= 0.3 is 0 Å². The number of carbonyl (C=O) groups is 4. The molecule has 20 nitrogen and oxygen atoms in total. The van der Waals surface area contributed by atoms with Crippen molar-refractivity contribution in [3.05, 3.63) is 76.9 Å². The highest BCUT2D eigenvalue weighted by Gasteiger charge is 2.49. The molecule has 0 aromatic carbocycles. The molecule has 2 atom stereocenters. The van der Waals surface area contributed by atoms with Gasteiger partial charge in [0.15, 0.2) is 10.1 Å². The van der Waals surface area contributed by atoms with E-state index in [1.807, 2.05) is 0 Å². The van der Waals surface area contributed by atoms with Crippen LogP contribution < -0.4 is 40.1 Å². The molecular weight excluding hydrogens is 1090 g/mol. The average molecular weight is 1170 g/mol. The minimum atomic E-state index is -4.23. The summed E-state index contributed by atoms with van der Waals surface area (Å²) in [6, 6.07) is 15.7. The predicted octanol–water partition coefficient (Wildman–Crippen LogP) is 8.61. The van der Waals surface area contributed by atoms with Gasteiger partial charge in [0.2, 0.25) is 11.8 Å². The lowest BCUT2D eigenvalue weighted by atomic mass is 9.73. The zero-order valence-electron chi connectivity index (χ0n) is 47.0. The van der Waals surface area contributed by atoms with Crippen molar-refractivity contribution in [1.82, 2.24) is 34.7 Å². The van der Waals surface area contributed by atoms with E-state index in [9.17, 15) is 36.0 Å². The first-order chi connectivity index (χ1) is 38.6. The summed E-state index contributed by atoms with van der Waals surface area (Å²) in [7, 11) is -8.38. The number of hydrogen-bond acceptors (Lipinski definition) is 16. The normalized spacial score (nSPS) is 25.0. The fourth-order valence-electron chi connectivity index (χ4n) is 13.8. The van der Waals surface area contributed by atoms with Crippen LogP contribution in [0.4, 0.5) is 29.1 Å². The van der Waals surface area contributed by atoms with E-state index >= 15 is 0 Å². The third kappa shape index (κ3) is 12.5. The minimum absolute atomic E-state index is 0.0816. The maximum Gasteiger partial charge on any atom is 0.281 e. The Morgan fingerprint density at radius 3 is 1.53 bits per heavy atom. The zero-order valence-corrected chi connectivity index (χ0v) is 49.4. The molecule has 2 spiro atoms. The van der Waals surface area contributed by atoms with E-state index < -0.39 is 31.9 Å². The fraction of sp³-hybridized carbons (Fsp3) is 0.586. The van der Waals surface area contributed by atoms with Crippen LogP contribution in [0.25, 0.3) is 0 Å². The standard InChI is InChI=1S/C29H38N6O4S.C20H24ClN5O3S.C9H15NO/c1-28(2)18-20-8-7-16-30-22-9-6-10-24(31-22)40(38,39)33-26(36)21-11-12-23(32-25(21)35(28)19-20)34-17-15-29(27(34)37)13-4-3-5-14-29;1-20(2)11-13-5-4-10-22-16-6-3-7-17(24-16)30(28,29)25-19(27)14-8-9-15(21)23-18(14)26(20)12-13;11-8-9(6-7-10-8)4-2-1-3-5-9/h6,9-12,20H,3-5,7-8,13-19H2,1-2H3,(H,30,31)(H,33,36);3,6-9,13H,4-5,10-12H2,1-2H3,(H,22,24)(H,25,27);1-7H2,(H,10,11)/t20-;13-;/m00./s1. The second kappa shape index (κ2) is 23.3. The SMILES string of the molecule is CC1(C)C[C@@H]2CCCNc3cccc(n3)S(=O)(=O)NC(=O)c3ccc(Cl)nc3N1C2.CC1(C)C[C@@H]2CCCNc3cccc(n3)S(=O)(=O)NC(=O)c3ccc(N4CCC5(CCCCC5)C4=O)nc3N1C2.O=C1NCCC12CCCCC2. The Kier molecular flexibility index (Phi) is 16.7. The molecule has 8 aliphatic rings. The number of carbonyl (C=O) groups excluding carboxylic acids is 4. The molecule has 5 N–H and O–H groups in total. The van der Waals surface area contributed by atoms with Crippen LogP contribution in [0.5, 0.6) is 0 Å². The molecule has 436 valence electrons. The number of nitrogens with zero attached hydrogens (tertiary/aromatic N) is 7. The highest BCUT2D eigenvalue weighted by molar-refractivity contribution is 7.90. The van der Waals surface area contributed by atoms with Gasteiger partial charge in [0.1, 0.15) is 34.2 Å². The number of amides is 4. The van der Waals surface area contributed by atoms with Gasteiger partial charge in [0.25, 0.3) is 31.9 Å². The average Bonchev–Trinajstić information content (AvgIpc) is 4.17. The molecule has 8 bridgehead atoms. The van der Waals surface area contributed by atoms with Crippen molar-refractivity contribution in [3.63, 3.8) is 0 Å². The number of aromatic nitrogens is 4. The smallest absolute Gasteiger partial charge is 0.281 e. The van der Waals surface area contributed by atoms with Crippen molar-refractivity contribution >= 4 is 84.4 Å². The molecule has 81 heavy (non-hydrogen) atoms. The minimum Gasteiger partial charge on any atom is -0.370 e. The number of halogens is 1. The van der Waals surface area contributed by atoms with Crippen molar-refractivity contribution in [2.24, 2.45) is 22.7 Å². The quantitative estimate of drug-likeness (QED) is 0.112. The van der Waals surface area contributed by atoms with E-state index in [1.165, 1.54) is 49.9 Å². The number of sulfonamides is 2. The van der Waals surface area contributed by atoms with E-state index in [0.29, 0.717) is 73.0 Å². The Hall–Kier alpha value is -6.13. The van der Waals surface area contributed by atoms with E-state index in [-0.39, 0.29) is 54.1 Å². The molecule has 2 saturated carbocycles. The van der Waals surface area contributed by atoms with Crippen LogP contribution in [0.2, 0.25) is 5.15 Å². The lowest BCUT2D eigenvalue weighted by molar-refractivity contribution is -0.129. The summed E-state index contributed by atoms with van der Waals surface area (Å²) in [4.78, 5) is 75.4. The van der Waals surface area contributed by atoms with Crippen LogP contribution in [0.3, 0.4) is 0 Å². The van der Waals surface area contributed by atoms with Crippen LogP contribution in [-0.2, 0) is 29.6 Å². The van der Waals surface area contributed by atoms with Crippen LogP contribution in [0.15, 0.2) is 70.7 Å². The van der Waals surface area contributed by atoms with Gasteiger partial charge < -0.3 is 25.8 Å². The lowest BCUT2D eigenvalue weighted by Gasteiger charge is -2.34. The summed E-state index contributed by atoms with van der Waals surface area (Å²) in [6.45, 7) is 12.7. The molecule has 6 aliphatic heterocycles. The topological polar surface area (TPSA) is 258 Å². The maximum atomic E-state index is 13.7. The Morgan fingerprint density at radius 2 is 1.02 bits per heavy atom. The van der Waals surface area contributed by atoms with Gasteiger partial charge in [-0.05, 0) is 165 Å². The molecule has 4 amide bonds. The van der Waals surface area contributed by atoms with E-state index in [0.717, 1.165) is 103 Å². The van der Waals surface area contributed by atoms with E-state index in [4.69, 9.17) is 16.6 Å². The number of anilines is 5. The number of hydrogen-bond donors (Lipinski definition) is 5. The van der Waals surface area contributed by atoms with Crippen molar-refractivity contribution < 1.29 is 36.0 Å². The first-order valence-electron chi connectivity index (χ1n) is 29.0. The second-order valence-electron chi connectivity index (χ2n) is 24.7. The highest BCUT2D eigenvalue weighted by atomic mass is 35.5. The number of rotatable bonds is 1. The Bertz CT molecular complexity index is 3280. The molecule has 4 saturated heterocycles. The molecule has 4 aromatic rings. The summed E-state index contributed by atoms with van der Waals surface area (Å²) >= 11 is 6.14. The molecule has 6 fully saturated rings. The third-order valence-corrected chi connectivity index (χ3v) is 20.7. The molecule has 23 heteroatoms. The molecule has 2 aliphatic carbocycles. The number of fused-ring (bicyclic) bond motifs is 12. The van der Waals surface area contributed by atoms with Crippen molar-refractivity contribution in [3.8, 4) is 0 Å². The van der Waals surface area contributed by atoms with Crippen LogP contribution in [0.1, 0.15) is 164 Å². The molecule has 4 aromatic heterocycles. The highest BCUT2D eigenvalue weighted by Crippen LogP contribution is 2.47. The Balaban J connectivity index is 0.000000157. The van der Waals surface area contributed by atoms with Gasteiger partial charge in [-0.1, -0.05) is 62.3 Å². The molecule has 0 unspecified atom stereocenters. The summed E-state index contributed by atoms with van der Waals surface area (Å²) in [6.07, 6.45) is 18.8. The maximum absolute atomic E-state index is 13.7. The zero-order chi connectivity index (χ0) is 57.4. The Labute approximate surface area is 481 Å². The van der Waals surface area contributed by atoms with Crippen molar-refractivity contribution in [2.75, 3.05) is 64.6 Å². The Morgan fingerprint density at radius 1 is 0.531 bits per heavy atom. The van der Waals surface area contributed by atoms with Crippen LogP contribution >= 0.6 is 11.6 Å². The van der Waals surface area contributed by atoms with Crippen molar-refractivity contribution in [2.45, 2.75) is 164 Å². The van der Waals surface area contributed by atoms with Gasteiger partial charge in [0.05, 0.1) is 22.0 Å². The van der Waals surface area contributed by atoms with Gasteiger partial charge in [-0.25, -0.2) is 29.4 Å². The summed E-state index contributed by atoms with van der Waals surface area (Å²) in [5.41, 5.74) is -0.431. The molecule has 0 radical (unpaired) electrons. The van der Waals surface area contributed by atoms with Gasteiger partial charge in [-0.3, -0.25) is 24.1 Å². The van der Waals surface area contributed by atoms with Crippen LogP contribution in [0, 0.1) is 22.7 Å². The molecular formula is C58H77ClN12O8S2. The number of pyridine rings is 4. The third-order valence-electron chi connectivity index (χ3n) is 18.0. The van der Waals surface area contributed by atoms with E-state index in [2.05, 4.69) is 77.8 Å². The first-order valence-corrected chi connectivity index (χ1v) is 32.3. The van der Waals surface area contributed by atoms with E-state index in [1.54, 1.807) is 41.3 Å². The van der Waals surface area contributed by atoms with Crippen LogP contribution in [-0.4, -0.2) is 111 Å². The summed E-state index contributed by atoms with van der Waals surface area (Å²) in [5.74, 6) is 2.00. The van der Waals surface area contributed by atoms with Gasteiger partial charge in [-0.2, -0.15) is 16.8 Å². The predicted molar refractivity (Wildman–Crippen MR) is 311 cm³/mol. The summed E-state index contributed by atoms with van der Waals surface area (Å²) in [5, 5.41) is 9.13. The summed E-state index contributed by atoms with van der Waals surface area (Å²) < 4.78 is 56.3. The first kappa shape index (κ1) is 58.1. The van der Waals surface area contributed by atoms with Gasteiger partial charge in [0, 0.05) is 50.3 Å². The van der Waals surface area contributed by atoms with Crippen molar-refractivity contribution in [1.29, 1.82) is 0 Å².